The van der Waals surface area contributed by atoms with Gasteiger partial charge in [-0.2, -0.15) is 5.10 Å². The quantitative estimate of drug-likeness (QED) is 0.184. The largest absolute Gasteiger partial charge is 0.357 e. The molecule has 0 spiro atoms. The molecule has 1 rings (SSSR count). The second kappa shape index (κ2) is 14.3. The van der Waals surface area contributed by atoms with Gasteiger partial charge in [-0.15, -0.1) is 30.6 Å². The van der Waals surface area contributed by atoms with Crippen LogP contribution in [0.3, 0.4) is 0 Å². The predicted octanol–water partition coefficient (Wildman–Crippen LogP) is 3.84. The van der Waals surface area contributed by atoms with Gasteiger partial charge in [0.2, 0.25) is 0 Å². The summed E-state index contributed by atoms with van der Waals surface area (Å²) in [5.41, 5.74) is 1.21. The fourth-order valence-corrected chi connectivity index (χ4v) is 2.40. The van der Waals surface area contributed by atoms with Gasteiger partial charge in [-0.25, -0.2) is 0 Å². The summed E-state index contributed by atoms with van der Waals surface area (Å²) in [5, 5.41) is 7.68. The molecule has 0 aliphatic heterocycles. The van der Waals surface area contributed by atoms with Gasteiger partial charge in [0, 0.05) is 39.4 Å². The minimum atomic E-state index is 0. The van der Waals surface area contributed by atoms with Crippen LogP contribution in [0.1, 0.15) is 44.6 Å². The number of halogens is 1. The maximum absolute atomic E-state index is 4.72. The zero-order valence-corrected chi connectivity index (χ0v) is 17.8. The first-order chi connectivity index (χ1) is 11.2. The van der Waals surface area contributed by atoms with E-state index < -0.39 is 0 Å². The van der Waals surface area contributed by atoms with Crippen LogP contribution in [0.2, 0.25) is 0 Å². The van der Waals surface area contributed by atoms with Crippen LogP contribution in [0, 0.1) is 6.92 Å². The maximum Gasteiger partial charge on any atom is 0.193 e. The summed E-state index contributed by atoms with van der Waals surface area (Å²) in [7, 11) is 2.12. The van der Waals surface area contributed by atoms with Gasteiger partial charge < -0.3 is 10.2 Å². The molecule has 0 aliphatic rings. The Hall–Kier alpha value is -1.05. The molecule has 0 aromatic carbocycles. The summed E-state index contributed by atoms with van der Waals surface area (Å²) in [6.07, 6.45) is 11.8. The number of aliphatic imine (C=N–C) groups is 1. The first kappa shape index (κ1) is 22.9. The number of hydrogen-bond acceptors (Lipinski definition) is 2. The smallest absolute Gasteiger partial charge is 0.193 e. The van der Waals surface area contributed by atoms with E-state index in [2.05, 4.69) is 49.0 Å². The van der Waals surface area contributed by atoms with E-state index in [-0.39, 0.29) is 24.0 Å². The fourth-order valence-electron chi connectivity index (χ4n) is 2.40. The molecule has 0 aliphatic carbocycles. The standard InChI is InChI=1S/C18H33N5.HI/c1-5-7-8-9-10-13-22(4)18(19-6-2)20-12-11-14-23-16-17(3)15-21-23;/h5,15-16H,1,6-14H2,2-4H3,(H,19,20);1H. The second-order valence-corrected chi connectivity index (χ2v) is 5.93. The Bertz CT molecular complexity index is 470. The molecule has 0 saturated carbocycles. The summed E-state index contributed by atoms with van der Waals surface area (Å²) in [6.45, 7) is 11.6. The highest BCUT2D eigenvalue weighted by Crippen LogP contribution is 2.02. The van der Waals surface area contributed by atoms with E-state index in [0.717, 1.165) is 45.0 Å². The van der Waals surface area contributed by atoms with Crippen molar-refractivity contribution in [2.75, 3.05) is 26.7 Å². The highest BCUT2D eigenvalue weighted by Gasteiger charge is 2.04. The highest BCUT2D eigenvalue weighted by atomic mass is 127. The average Bonchev–Trinajstić information content (AvgIpc) is 2.95. The number of nitrogens with zero attached hydrogens (tertiary/aromatic N) is 4. The van der Waals surface area contributed by atoms with Gasteiger partial charge in [0.1, 0.15) is 0 Å². The molecule has 24 heavy (non-hydrogen) atoms. The van der Waals surface area contributed by atoms with Crippen LogP contribution in [-0.2, 0) is 6.54 Å². The summed E-state index contributed by atoms with van der Waals surface area (Å²) in [5.74, 6) is 1.01. The van der Waals surface area contributed by atoms with E-state index in [1.807, 2.05) is 17.0 Å². The first-order valence-corrected chi connectivity index (χ1v) is 8.76. The lowest BCUT2D eigenvalue weighted by Crippen LogP contribution is -2.39. The SMILES string of the molecule is C=CCCCCCN(C)C(=NCCCn1cc(C)cn1)NCC.I. The Balaban J connectivity index is 0.00000529. The number of aromatic nitrogens is 2. The zero-order valence-electron chi connectivity index (χ0n) is 15.5. The van der Waals surface area contributed by atoms with Gasteiger partial charge in [0.05, 0.1) is 6.20 Å². The van der Waals surface area contributed by atoms with E-state index in [9.17, 15) is 0 Å². The van der Waals surface area contributed by atoms with Crippen LogP contribution in [0.4, 0.5) is 0 Å². The van der Waals surface area contributed by atoms with Crippen molar-refractivity contribution >= 4 is 29.9 Å². The molecular weight excluding hydrogens is 413 g/mol. The molecule has 0 amide bonds. The number of aryl methyl sites for hydroxylation is 2. The van der Waals surface area contributed by atoms with E-state index in [4.69, 9.17) is 4.99 Å². The number of guanidine groups is 1. The lowest BCUT2D eigenvalue weighted by atomic mass is 10.2. The molecule has 5 nitrogen and oxygen atoms in total. The fraction of sp³-hybridized carbons (Fsp3) is 0.667. The molecule has 0 radical (unpaired) electrons. The molecule has 0 fully saturated rings. The molecule has 1 aromatic rings. The van der Waals surface area contributed by atoms with E-state index >= 15 is 0 Å². The zero-order chi connectivity index (χ0) is 16.9. The Labute approximate surface area is 164 Å². The number of hydrogen-bond donors (Lipinski definition) is 1. The van der Waals surface area contributed by atoms with Crippen LogP contribution in [-0.4, -0.2) is 47.3 Å². The minimum Gasteiger partial charge on any atom is -0.357 e. The topological polar surface area (TPSA) is 45.5 Å². The maximum atomic E-state index is 4.72. The third kappa shape index (κ3) is 9.95. The Morgan fingerprint density at radius 1 is 1.38 bits per heavy atom. The minimum absolute atomic E-state index is 0. The number of nitrogens with one attached hydrogen (secondary N) is 1. The summed E-state index contributed by atoms with van der Waals surface area (Å²) in [4.78, 5) is 6.96. The molecule has 1 heterocycles. The molecular formula is C18H34IN5. The van der Waals surface area contributed by atoms with E-state index in [1.54, 1.807) is 0 Å². The molecule has 138 valence electrons. The van der Waals surface area contributed by atoms with Crippen molar-refractivity contribution in [3.63, 3.8) is 0 Å². The predicted molar refractivity (Wildman–Crippen MR) is 114 cm³/mol. The number of unbranched alkanes of at least 4 members (excludes halogenated alkanes) is 3. The van der Waals surface area contributed by atoms with Crippen molar-refractivity contribution in [1.82, 2.24) is 20.0 Å². The molecule has 0 bridgehead atoms. The Morgan fingerprint density at radius 2 is 2.17 bits per heavy atom. The van der Waals surface area contributed by atoms with Gasteiger partial charge in [0.15, 0.2) is 5.96 Å². The van der Waals surface area contributed by atoms with Gasteiger partial charge in [-0.1, -0.05) is 12.5 Å². The lowest BCUT2D eigenvalue weighted by Gasteiger charge is -2.22. The normalized spacial score (nSPS) is 11.0. The summed E-state index contributed by atoms with van der Waals surface area (Å²) < 4.78 is 1.99. The molecule has 1 aromatic heterocycles. The van der Waals surface area contributed by atoms with Crippen LogP contribution in [0.25, 0.3) is 0 Å². The Morgan fingerprint density at radius 3 is 2.79 bits per heavy atom. The Kier molecular flexibility index (Phi) is 13.7. The molecule has 0 atom stereocenters. The molecule has 0 unspecified atom stereocenters. The summed E-state index contributed by atoms with van der Waals surface area (Å²) in [6, 6.07) is 0. The van der Waals surface area contributed by atoms with E-state index in [0.29, 0.717) is 0 Å². The van der Waals surface area contributed by atoms with Crippen molar-refractivity contribution in [2.45, 2.75) is 52.5 Å². The van der Waals surface area contributed by atoms with Crippen molar-refractivity contribution < 1.29 is 0 Å². The van der Waals surface area contributed by atoms with Crippen LogP contribution in [0.5, 0.6) is 0 Å². The third-order valence-electron chi connectivity index (χ3n) is 3.67. The van der Waals surface area contributed by atoms with Gasteiger partial charge in [0.25, 0.3) is 0 Å². The van der Waals surface area contributed by atoms with Crippen molar-refractivity contribution in [1.29, 1.82) is 0 Å². The average molecular weight is 447 g/mol. The summed E-state index contributed by atoms with van der Waals surface area (Å²) >= 11 is 0. The van der Waals surface area contributed by atoms with Crippen molar-refractivity contribution in [3.05, 3.63) is 30.6 Å². The van der Waals surface area contributed by atoms with Crippen LogP contribution in [0.15, 0.2) is 30.0 Å². The lowest BCUT2D eigenvalue weighted by molar-refractivity contribution is 0.454. The van der Waals surface area contributed by atoms with E-state index in [1.165, 1.54) is 24.8 Å². The molecule has 0 saturated heterocycles. The van der Waals surface area contributed by atoms with Gasteiger partial charge in [-0.05, 0) is 45.1 Å². The number of allylic oxidation sites excluding steroid dienone is 1. The highest BCUT2D eigenvalue weighted by molar-refractivity contribution is 14.0. The molecule has 6 heteroatoms. The molecule has 1 N–H and O–H groups in total. The van der Waals surface area contributed by atoms with Crippen LogP contribution >= 0.6 is 24.0 Å². The second-order valence-electron chi connectivity index (χ2n) is 5.93. The van der Waals surface area contributed by atoms with Crippen molar-refractivity contribution in [2.24, 2.45) is 4.99 Å². The monoisotopic (exact) mass is 447 g/mol. The first-order valence-electron chi connectivity index (χ1n) is 8.76. The third-order valence-corrected chi connectivity index (χ3v) is 3.67. The van der Waals surface area contributed by atoms with Crippen LogP contribution < -0.4 is 5.32 Å². The van der Waals surface area contributed by atoms with Gasteiger partial charge in [-0.3, -0.25) is 9.67 Å². The van der Waals surface area contributed by atoms with Crippen molar-refractivity contribution in [3.8, 4) is 0 Å². The van der Waals surface area contributed by atoms with Gasteiger partial charge >= 0.3 is 0 Å². The number of rotatable bonds is 11.